The molecule has 1 N–H and O–H groups in total. The van der Waals surface area contributed by atoms with E-state index in [9.17, 15) is 4.79 Å². The Kier molecular flexibility index (Phi) is 7.41. The van der Waals surface area contributed by atoms with Crippen LogP contribution in [0.1, 0.15) is 57.0 Å². The summed E-state index contributed by atoms with van der Waals surface area (Å²) >= 11 is 3.11. The number of aryl methyl sites for hydroxylation is 1. The largest absolute Gasteiger partial charge is 0.493 e. The van der Waals surface area contributed by atoms with Gasteiger partial charge < -0.3 is 14.8 Å². The summed E-state index contributed by atoms with van der Waals surface area (Å²) in [5, 5.41) is 6.07. The molecular weight excluding hydrogens is 452 g/mol. The number of carbonyl (C=O) groups is 1. The molecule has 1 saturated heterocycles. The number of piperidine rings is 1. The third-order valence-corrected chi connectivity index (χ3v) is 8.60. The fourth-order valence-corrected chi connectivity index (χ4v) is 6.29. The van der Waals surface area contributed by atoms with Crippen molar-refractivity contribution in [2.45, 2.75) is 39.7 Å². The zero-order valence-electron chi connectivity index (χ0n) is 19.9. The van der Waals surface area contributed by atoms with Crippen LogP contribution in [0.3, 0.4) is 0 Å². The number of likely N-dealkylation sites (tertiary alicyclic amines) is 1. The molecule has 0 aliphatic carbocycles. The Morgan fingerprint density at radius 3 is 2.52 bits per heavy atom. The number of hydrogen-bond donors (Lipinski definition) is 1. The molecule has 7 heteroatoms. The maximum atomic E-state index is 13.0. The molecule has 5 nitrogen and oxygen atoms in total. The minimum absolute atomic E-state index is 0.0360. The summed E-state index contributed by atoms with van der Waals surface area (Å²) in [6, 6.07) is 9.82. The van der Waals surface area contributed by atoms with Gasteiger partial charge in [0.2, 0.25) is 0 Å². The summed E-state index contributed by atoms with van der Waals surface area (Å²) < 4.78 is 11.5. The van der Waals surface area contributed by atoms with Crippen molar-refractivity contribution in [2.75, 3.05) is 32.6 Å². The molecule has 0 saturated carbocycles. The van der Waals surface area contributed by atoms with E-state index in [-0.39, 0.29) is 11.9 Å². The predicted octanol–water partition coefficient (Wildman–Crippen LogP) is 6.52. The minimum Gasteiger partial charge on any atom is -0.493 e. The zero-order chi connectivity index (χ0) is 23.5. The standard InChI is InChI=1S/C26H32N2O3S2/c1-16-11-13-28(14-12-16)23(19-8-6-9-20(30-4)24(19)31-5)22-17(2)18(3)33-26(22)27-25(29)21-10-7-15-32-21/h6-10,15-16,23H,11-14H2,1-5H3,(H,27,29). The van der Waals surface area contributed by atoms with E-state index in [0.29, 0.717) is 4.88 Å². The molecule has 1 fully saturated rings. The van der Waals surface area contributed by atoms with Gasteiger partial charge in [-0.05, 0) is 68.8 Å². The molecule has 3 aromatic rings. The maximum absolute atomic E-state index is 13.0. The van der Waals surface area contributed by atoms with E-state index in [1.807, 2.05) is 29.6 Å². The Morgan fingerprint density at radius 1 is 1.12 bits per heavy atom. The van der Waals surface area contributed by atoms with E-state index in [1.165, 1.54) is 21.8 Å². The second kappa shape index (κ2) is 10.3. The van der Waals surface area contributed by atoms with Gasteiger partial charge in [-0.15, -0.1) is 22.7 Å². The third-order valence-electron chi connectivity index (χ3n) is 6.59. The first-order valence-electron chi connectivity index (χ1n) is 11.3. The van der Waals surface area contributed by atoms with Crippen molar-refractivity contribution in [3.63, 3.8) is 0 Å². The van der Waals surface area contributed by atoms with Crippen LogP contribution in [0, 0.1) is 19.8 Å². The molecule has 0 spiro atoms. The van der Waals surface area contributed by atoms with Crippen molar-refractivity contribution < 1.29 is 14.3 Å². The molecule has 1 amide bonds. The summed E-state index contributed by atoms with van der Waals surface area (Å²) in [4.78, 5) is 17.5. The van der Waals surface area contributed by atoms with E-state index in [2.05, 4.69) is 37.1 Å². The van der Waals surface area contributed by atoms with Crippen molar-refractivity contribution >= 4 is 33.6 Å². The van der Waals surface area contributed by atoms with E-state index in [1.54, 1.807) is 25.6 Å². The van der Waals surface area contributed by atoms with Crippen LogP contribution < -0.4 is 14.8 Å². The molecule has 0 bridgehead atoms. The number of benzene rings is 1. The molecule has 1 aliphatic heterocycles. The van der Waals surface area contributed by atoms with Gasteiger partial charge in [0.1, 0.15) is 5.00 Å². The average Bonchev–Trinajstić information content (AvgIpc) is 3.45. The van der Waals surface area contributed by atoms with Crippen molar-refractivity contribution in [2.24, 2.45) is 5.92 Å². The first-order chi connectivity index (χ1) is 15.9. The number of thiophene rings is 2. The van der Waals surface area contributed by atoms with Crippen LogP contribution in [0.15, 0.2) is 35.7 Å². The van der Waals surface area contributed by atoms with Gasteiger partial charge in [-0.1, -0.05) is 25.1 Å². The Hall–Kier alpha value is -2.35. The molecule has 2 aromatic heterocycles. The number of hydrogen-bond acceptors (Lipinski definition) is 6. The monoisotopic (exact) mass is 484 g/mol. The Morgan fingerprint density at radius 2 is 1.88 bits per heavy atom. The van der Waals surface area contributed by atoms with Gasteiger partial charge >= 0.3 is 0 Å². The Bertz CT molecular complexity index is 1100. The van der Waals surface area contributed by atoms with Crippen molar-refractivity contribution in [1.29, 1.82) is 0 Å². The van der Waals surface area contributed by atoms with E-state index < -0.39 is 0 Å². The molecule has 0 radical (unpaired) electrons. The molecule has 1 aromatic carbocycles. The highest BCUT2D eigenvalue weighted by Crippen LogP contribution is 2.47. The highest BCUT2D eigenvalue weighted by molar-refractivity contribution is 7.17. The van der Waals surface area contributed by atoms with Gasteiger partial charge in [0.15, 0.2) is 11.5 Å². The molecule has 1 unspecified atom stereocenters. The minimum atomic E-state index is -0.0591. The van der Waals surface area contributed by atoms with Crippen LogP contribution >= 0.6 is 22.7 Å². The second-order valence-corrected chi connectivity index (χ2v) is 10.8. The lowest BCUT2D eigenvalue weighted by Gasteiger charge is -2.38. The highest BCUT2D eigenvalue weighted by Gasteiger charge is 2.34. The topological polar surface area (TPSA) is 50.8 Å². The molecule has 4 rings (SSSR count). The lowest BCUT2D eigenvalue weighted by molar-refractivity contribution is 0.103. The third kappa shape index (κ3) is 4.81. The smallest absolute Gasteiger partial charge is 0.266 e. The van der Waals surface area contributed by atoms with Crippen molar-refractivity contribution in [1.82, 2.24) is 4.90 Å². The quantitative estimate of drug-likeness (QED) is 0.415. The van der Waals surface area contributed by atoms with Crippen LogP contribution in [0.25, 0.3) is 0 Å². The van der Waals surface area contributed by atoms with Gasteiger partial charge in [-0.25, -0.2) is 0 Å². The van der Waals surface area contributed by atoms with E-state index >= 15 is 0 Å². The number of para-hydroxylation sites is 1. The van der Waals surface area contributed by atoms with Crippen LogP contribution in [-0.2, 0) is 0 Å². The number of carbonyl (C=O) groups excluding carboxylic acids is 1. The molecule has 176 valence electrons. The van der Waals surface area contributed by atoms with Gasteiger partial charge in [0.25, 0.3) is 5.91 Å². The Labute approximate surface area is 204 Å². The normalized spacial score (nSPS) is 15.9. The molecule has 1 aliphatic rings. The number of nitrogens with one attached hydrogen (secondary N) is 1. The number of anilines is 1. The number of rotatable bonds is 7. The zero-order valence-corrected chi connectivity index (χ0v) is 21.6. The van der Waals surface area contributed by atoms with Crippen molar-refractivity contribution in [3.05, 3.63) is 62.2 Å². The number of amides is 1. The summed E-state index contributed by atoms with van der Waals surface area (Å²) in [6.07, 6.45) is 2.31. The molecular formula is C26H32N2O3S2. The van der Waals surface area contributed by atoms with Crippen LogP contribution in [0.5, 0.6) is 11.5 Å². The fraction of sp³-hybridized carbons (Fsp3) is 0.423. The molecule has 33 heavy (non-hydrogen) atoms. The number of ether oxygens (including phenoxy) is 2. The van der Waals surface area contributed by atoms with Crippen molar-refractivity contribution in [3.8, 4) is 11.5 Å². The molecule has 3 heterocycles. The van der Waals surface area contributed by atoms with Crippen LogP contribution in [0.4, 0.5) is 5.00 Å². The summed E-state index contributed by atoms with van der Waals surface area (Å²) in [6.45, 7) is 8.61. The lowest BCUT2D eigenvalue weighted by atomic mass is 9.90. The van der Waals surface area contributed by atoms with Gasteiger partial charge in [0, 0.05) is 16.0 Å². The van der Waals surface area contributed by atoms with Gasteiger partial charge in [-0.3, -0.25) is 9.69 Å². The molecule has 1 atom stereocenters. The summed E-state index contributed by atoms with van der Waals surface area (Å²) in [7, 11) is 3.37. The van der Waals surface area contributed by atoms with E-state index in [4.69, 9.17) is 9.47 Å². The number of methoxy groups -OCH3 is 2. The second-order valence-electron chi connectivity index (χ2n) is 8.66. The SMILES string of the molecule is COc1cccc(C(c2c(NC(=O)c3cccs3)sc(C)c2C)N2CCC(C)CC2)c1OC. The fourth-order valence-electron chi connectivity index (χ4n) is 4.59. The lowest BCUT2D eigenvalue weighted by Crippen LogP contribution is -2.37. The highest BCUT2D eigenvalue weighted by atomic mass is 32.1. The first-order valence-corrected chi connectivity index (χ1v) is 13.0. The summed E-state index contributed by atoms with van der Waals surface area (Å²) in [5.74, 6) is 2.13. The average molecular weight is 485 g/mol. The van der Waals surface area contributed by atoms with Gasteiger partial charge in [0.05, 0.1) is 25.1 Å². The maximum Gasteiger partial charge on any atom is 0.266 e. The van der Waals surface area contributed by atoms with E-state index in [0.717, 1.165) is 59.5 Å². The van der Waals surface area contributed by atoms with Crippen LogP contribution in [0.2, 0.25) is 0 Å². The first kappa shape index (κ1) is 23.8. The summed E-state index contributed by atoms with van der Waals surface area (Å²) in [5.41, 5.74) is 3.44. The predicted molar refractivity (Wildman–Crippen MR) is 137 cm³/mol. The van der Waals surface area contributed by atoms with Crippen LogP contribution in [-0.4, -0.2) is 38.1 Å². The van der Waals surface area contributed by atoms with Gasteiger partial charge in [-0.2, -0.15) is 0 Å². The number of nitrogens with zero attached hydrogens (tertiary/aromatic N) is 1. The Balaban J connectivity index is 1.84.